The van der Waals surface area contributed by atoms with Crippen molar-refractivity contribution in [2.24, 2.45) is 0 Å². The van der Waals surface area contributed by atoms with E-state index in [9.17, 15) is 0 Å². The Hall–Kier alpha value is -6.62. The van der Waals surface area contributed by atoms with Gasteiger partial charge < -0.3 is 0 Å². The maximum absolute atomic E-state index is 5.62. The van der Waals surface area contributed by atoms with Gasteiger partial charge in [0, 0.05) is 36.5 Å². The van der Waals surface area contributed by atoms with Crippen LogP contribution in [0.2, 0.25) is 0 Å². The van der Waals surface area contributed by atoms with Gasteiger partial charge in [0.15, 0.2) is 5.82 Å². The lowest BCUT2D eigenvalue weighted by Crippen LogP contribution is -2.04. The van der Waals surface area contributed by atoms with Gasteiger partial charge >= 0.3 is 0 Å². The van der Waals surface area contributed by atoms with Gasteiger partial charge in [0.2, 0.25) is 0 Å². The minimum absolute atomic E-state index is 0.820. The van der Waals surface area contributed by atoms with Crippen molar-refractivity contribution in [3.05, 3.63) is 176 Å². The van der Waals surface area contributed by atoms with E-state index >= 15 is 0 Å². The summed E-state index contributed by atoms with van der Waals surface area (Å²) >= 11 is 1.83. The zero-order valence-corrected chi connectivity index (χ0v) is 28.8. The molecular formula is C48H29N3S. The van der Waals surface area contributed by atoms with Crippen molar-refractivity contribution in [2.45, 2.75) is 0 Å². The fourth-order valence-electron chi connectivity index (χ4n) is 7.91. The molecule has 242 valence electrons. The number of rotatable bonds is 4. The van der Waals surface area contributed by atoms with Crippen molar-refractivity contribution in [3.63, 3.8) is 0 Å². The molecule has 0 fully saturated rings. The quantitative estimate of drug-likeness (QED) is 0.185. The van der Waals surface area contributed by atoms with Crippen molar-refractivity contribution in [1.82, 2.24) is 14.5 Å². The maximum Gasteiger partial charge on any atom is 0.165 e. The van der Waals surface area contributed by atoms with Crippen LogP contribution in [0.5, 0.6) is 0 Å². The highest BCUT2D eigenvalue weighted by Gasteiger charge is 2.22. The Labute approximate surface area is 303 Å². The third kappa shape index (κ3) is 4.51. The van der Waals surface area contributed by atoms with E-state index in [0.717, 1.165) is 61.4 Å². The Bertz CT molecular complexity index is 3180. The van der Waals surface area contributed by atoms with Gasteiger partial charge in [0.25, 0.3) is 0 Å². The van der Waals surface area contributed by atoms with Crippen molar-refractivity contribution in [1.29, 1.82) is 0 Å². The van der Waals surface area contributed by atoms with Gasteiger partial charge in [0.1, 0.15) is 5.69 Å². The smallest absolute Gasteiger partial charge is 0.165 e. The Balaban J connectivity index is 1.27. The van der Waals surface area contributed by atoms with E-state index in [4.69, 9.17) is 9.97 Å². The van der Waals surface area contributed by atoms with Crippen LogP contribution in [-0.4, -0.2) is 14.5 Å². The number of nitrogens with zero attached hydrogens (tertiary/aromatic N) is 3. The van der Waals surface area contributed by atoms with E-state index in [1.807, 2.05) is 11.3 Å². The molecule has 0 aliphatic heterocycles. The molecule has 3 aromatic heterocycles. The number of hydrogen-bond donors (Lipinski definition) is 0. The first kappa shape index (κ1) is 29.1. The van der Waals surface area contributed by atoms with E-state index in [0.29, 0.717) is 0 Å². The predicted molar refractivity (Wildman–Crippen MR) is 221 cm³/mol. The van der Waals surface area contributed by atoms with Crippen molar-refractivity contribution < 1.29 is 0 Å². The number of aromatic nitrogens is 3. The Morgan fingerprint density at radius 3 is 1.73 bits per heavy atom. The minimum Gasteiger partial charge on any atom is -0.292 e. The van der Waals surface area contributed by atoms with Gasteiger partial charge in [-0.3, -0.25) is 4.57 Å². The molecule has 3 nitrogen and oxygen atoms in total. The topological polar surface area (TPSA) is 30.7 Å². The largest absolute Gasteiger partial charge is 0.292 e. The zero-order chi connectivity index (χ0) is 34.2. The molecule has 0 spiro atoms. The highest BCUT2D eigenvalue weighted by molar-refractivity contribution is 7.25. The molecule has 0 atom stereocenters. The van der Waals surface area contributed by atoms with Gasteiger partial charge in [-0.1, -0.05) is 133 Å². The average molecular weight is 680 g/mol. The zero-order valence-electron chi connectivity index (χ0n) is 28.0. The second-order valence-electron chi connectivity index (χ2n) is 13.4. The lowest BCUT2D eigenvalue weighted by molar-refractivity contribution is 1.08. The molecule has 0 bridgehead atoms. The van der Waals surface area contributed by atoms with E-state index in [1.54, 1.807) is 0 Å². The van der Waals surface area contributed by atoms with Crippen LogP contribution in [0.25, 0.3) is 103 Å². The first-order chi connectivity index (χ1) is 25.8. The normalized spacial score (nSPS) is 11.8. The molecule has 0 saturated carbocycles. The summed E-state index contributed by atoms with van der Waals surface area (Å²) in [5.41, 5.74) is 10.4. The second kappa shape index (κ2) is 11.5. The molecule has 4 heteroatoms. The number of para-hydroxylation sites is 1. The molecule has 0 aliphatic rings. The Morgan fingerprint density at radius 1 is 0.385 bits per heavy atom. The molecule has 0 radical (unpaired) electrons. The summed E-state index contributed by atoms with van der Waals surface area (Å²) in [6, 6.07) is 63.0. The summed E-state index contributed by atoms with van der Waals surface area (Å²) in [5.74, 6) is 0.820. The van der Waals surface area contributed by atoms with Gasteiger partial charge in [-0.05, 0) is 75.5 Å². The average Bonchev–Trinajstić information content (AvgIpc) is 3.74. The summed E-state index contributed by atoms with van der Waals surface area (Å²) in [7, 11) is 0. The minimum atomic E-state index is 0.820. The highest BCUT2D eigenvalue weighted by Crippen LogP contribution is 2.42. The van der Waals surface area contributed by atoms with Gasteiger partial charge in [-0.15, -0.1) is 11.3 Å². The SMILES string of the molecule is c1ccc(-c2cc3nc(-c4ccc5c(c4)sc4ccccc45)c(-n4c5ccccc5c5cc6ccccc6cc54)nc3cc2-c2ccccc2)cc1. The highest BCUT2D eigenvalue weighted by atomic mass is 32.1. The van der Waals surface area contributed by atoms with E-state index in [2.05, 4.69) is 180 Å². The fourth-order valence-corrected chi connectivity index (χ4v) is 9.06. The van der Waals surface area contributed by atoms with Crippen molar-refractivity contribution in [2.75, 3.05) is 0 Å². The summed E-state index contributed by atoms with van der Waals surface area (Å²) in [6.07, 6.45) is 0. The molecule has 0 N–H and O–H groups in total. The monoisotopic (exact) mass is 679 g/mol. The summed E-state index contributed by atoms with van der Waals surface area (Å²) < 4.78 is 4.86. The van der Waals surface area contributed by atoms with Crippen LogP contribution in [0.1, 0.15) is 0 Å². The number of thiophene rings is 1. The van der Waals surface area contributed by atoms with Gasteiger partial charge in [-0.2, -0.15) is 0 Å². The molecule has 8 aromatic carbocycles. The first-order valence-corrected chi connectivity index (χ1v) is 18.4. The molecule has 0 aliphatic carbocycles. The molecule has 3 heterocycles. The van der Waals surface area contributed by atoms with Crippen LogP contribution >= 0.6 is 11.3 Å². The fraction of sp³-hybridized carbons (Fsp3) is 0. The lowest BCUT2D eigenvalue weighted by atomic mass is 9.93. The molecule has 11 aromatic rings. The third-order valence-electron chi connectivity index (χ3n) is 10.4. The van der Waals surface area contributed by atoms with Gasteiger partial charge in [0.05, 0.1) is 22.1 Å². The standard InChI is InChI=1S/C48H29N3S/c1-3-13-30(14-4-1)38-28-41-42(29-39(38)31-15-5-2-6-16-31)50-48(47(49-41)34-23-24-37-36-20-10-12-22-45(36)52-46(37)27-34)51-43-21-11-9-19-35(43)40-25-32-17-7-8-18-33(32)26-44(40)51/h1-29H. The molecule has 52 heavy (non-hydrogen) atoms. The number of benzene rings is 8. The van der Waals surface area contributed by atoms with Crippen molar-refractivity contribution >= 4 is 75.1 Å². The van der Waals surface area contributed by atoms with Crippen LogP contribution in [0.15, 0.2) is 176 Å². The van der Waals surface area contributed by atoms with E-state index in [1.165, 1.54) is 41.7 Å². The summed E-state index contributed by atoms with van der Waals surface area (Å²) in [5, 5.41) is 7.36. The van der Waals surface area contributed by atoms with E-state index in [-0.39, 0.29) is 0 Å². The maximum atomic E-state index is 5.62. The summed E-state index contributed by atoms with van der Waals surface area (Å²) in [4.78, 5) is 11.2. The lowest BCUT2D eigenvalue weighted by Gasteiger charge is -2.16. The van der Waals surface area contributed by atoms with Gasteiger partial charge in [-0.25, -0.2) is 9.97 Å². The molecule has 0 amide bonds. The van der Waals surface area contributed by atoms with Crippen LogP contribution < -0.4 is 0 Å². The molecule has 0 unspecified atom stereocenters. The van der Waals surface area contributed by atoms with Crippen LogP contribution in [-0.2, 0) is 0 Å². The Kier molecular flexibility index (Phi) is 6.42. The van der Waals surface area contributed by atoms with Crippen LogP contribution in [0, 0.1) is 0 Å². The van der Waals surface area contributed by atoms with E-state index < -0.39 is 0 Å². The molecular weight excluding hydrogens is 651 g/mol. The Morgan fingerprint density at radius 2 is 0.981 bits per heavy atom. The van der Waals surface area contributed by atoms with Crippen LogP contribution in [0.3, 0.4) is 0 Å². The summed E-state index contributed by atoms with van der Waals surface area (Å²) in [6.45, 7) is 0. The first-order valence-electron chi connectivity index (χ1n) is 17.6. The second-order valence-corrected chi connectivity index (χ2v) is 14.5. The van der Waals surface area contributed by atoms with Crippen molar-refractivity contribution in [3.8, 4) is 39.3 Å². The molecule has 11 rings (SSSR count). The number of hydrogen-bond acceptors (Lipinski definition) is 3. The third-order valence-corrected chi connectivity index (χ3v) is 11.5. The number of fused-ring (bicyclic) bond motifs is 8. The van der Waals surface area contributed by atoms with Crippen LogP contribution in [0.4, 0.5) is 0 Å². The predicted octanol–water partition coefficient (Wildman–Crippen LogP) is 13.2. The molecule has 0 saturated heterocycles.